The average molecular weight is 337 g/mol. The van der Waals surface area contributed by atoms with Crippen molar-refractivity contribution in [2.75, 3.05) is 24.6 Å². The van der Waals surface area contributed by atoms with Crippen molar-refractivity contribution in [2.24, 2.45) is 5.10 Å². The second-order valence-corrected chi connectivity index (χ2v) is 7.55. The summed E-state index contributed by atoms with van der Waals surface area (Å²) in [5, 5.41) is 22.5. The summed E-state index contributed by atoms with van der Waals surface area (Å²) in [5.41, 5.74) is 0.0689. The fourth-order valence-corrected chi connectivity index (χ4v) is 4.22. The van der Waals surface area contributed by atoms with Gasteiger partial charge in [-0.25, -0.2) is 13.4 Å². The van der Waals surface area contributed by atoms with Crippen molar-refractivity contribution < 1.29 is 18.0 Å². The Morgan fingerprint density at radius 3 is 2.48 bits per heavy atom. The third-order valence-electron chi connectivity index (χ3n) is 3.67. The number of hydrogen-bond acceptors (Lipinski definition) is 7. The molecule has 122 valence electrons. The Labute approximate surface area is 133 Å². The number of hydrazone groups is 1. The summed E-state index contributed by atoms with van der Waals surface area (Å²) < 4.78 is 23.1. The molecule has 1 atom stereocenters. The van der Waals surface area contributed by atoms with Gasteiger partial charge >= 0.3 is 0 Å². The maximum atomic E-state index is 12.3. The molecule has 2 rings (SSSR count). The Morgan fingerprint density at radius 2 is 1.96 bits per heavy atom. The Morgan fingerprint density at radius 1 is 1.30 bits per heavy atom. The van der Waals surface area contributed by atoms with Crippen LogP contribution in [0.1, 0.15) is 19.3 Å². The Balaban J connectivity index is 2.21. The van der Waals surface area contributed by atoms with E-state index in [9.17, 15) is 18.0 Å². The van der Waals surface area contributed by atoms with Crippen LogP contribution in [0.5, 0.6) is 0 Å². The molecule has 0 radical (unpaired) electrons. The van der Waals surface area contributed by atoms with Gasteiger partial charge in [-0.3, -0.25) is 9.59 Å². The minimum atomic E-state index is -3.18. The van der Waals surface area contributed by atoms with E-state index < -0.39 is 21.8 Å². The van der Waals surface area contributed by atoms with Gasteiger partial charge in [0.25, 0.3) is 5.91 Å². The van der Waals surface area contributed by atoms with E-state index in [4.69, 9.17) is 10.5 Å². The first-order chi connectivity index (χ1) is 10.9. The highest BCUT2D eigenvalue weighted by Gasteiger charge is 2.37. The summed E-state index contributed by atoms with van der Waals surface area (Å²) in [6, 6.07) is 3.04. The van der Waals surface area contributed by atoms with Gasteiger partial charge in [0.2, 0.25) is 5.91 Å². The van der Waals surface area contributed by atoms with Crippen molar-refractivity contribution in [1.29, 1.82) is 10.5 Å². The van der Waals surface area contributed by atoms with E-state index in [0.717, 1.165) is 9.91 Å². The Bertz CT molecular complexity index is 714. The normalized spacial score (nSPS) is 22.9. The third-order valence-corrected chi connectivity index (χ3v) is 5.42. The molecule has 2 heterocycles. The predicted molar refractivity (Wildman–Crippen MR) is 78.4 cm³/mol. The fourth-order valence-electron chi connectivity index (χ4n) is 2.53. The molecule has 10 heteroatoms. The molecule has 0 aliphatic carbocycles. The molecule has 0 aromatic rings. The molecule has 1 fully saturated rings. The quantitative estimate of drug-likeness (QED) is 0.606. The van der Waals surface area contributed by atoms with E-state index in [-0.39, 0.29) is 49.1 Å². The monoisotopic (exact) mass is 337 g/mol. The highest BCUT2D eigenvalue weighted by Crippen LogP contribution is 2.22. The lowest BCUT2D eigenvalue weighted by Gasteiger charge is -2.28. The number of sulfone groups is 1. The molecule has 2 aliphatic heterocycles. The molecule has 1 saturated heterocycles. The number of hydrogen-bond donors (Lipinski definition) is 0. The van der Waals surface area contributed by atoms with Gasteiger partial charge in [-0.1, -0.05) is 0 Å². The first kappa shape index (κ1) is 16.9. The van der Waals surface area contributed by atoms with Gasteiger partial charge in [-0.2, -0.15) is 15.6 Å². The van der Waals surface area contributed by atoms with Crippen LogP contribution in [0.15, 0.2) is 5.10 Å². The topological polar surface area (TPSA) is 135 Å². The standard InChI is InChI=1S/C13H15N5O4S/c14-4-6-17(7-5-15)13(20)11-1-2-12(19)18(16-11)10-3-8-23(21,22)9-10/h10H,1-3,6-9H2/t10-/m1/s1. The van der Waals surface area contributed by atoms with E-state index in [2.05, 4.69) is 5.10 Å². The van der Waals surface area contributed by atoms with Gasteiger partial charge in [0.1, 0.15) is 18.8 Å². The van der Waals surface area contributed by atoms with Gasteiger partial charge in [0.05, 0.1) is 29.7 Å². The van der Waals surface area contributed by atoms with E-state index in [1.807, 2.05) is 0 Å². The number of carbonyl (C=O) groups excluding carboxylic acids is 2. The van der Waals surface area contributed by atoms with Crippen molar-refractivity contribution in [1.82, 2.24) is 9.91 Å². The van der Waals surface area contributed by atoms with Crippen LogP contribution in [0.3, 0.4) is 0 Å². The smallest absolute Gasteiger partial charge is 0.271 e. The Kier molecular flexibility index (Phi) is 4.96. The van der Waals surface area contributed by atoms with E-state index in [1.165, 1.54) is 0 Å². The summed E-state index contributed by atoms with van der Waals surface area (Å²) in [4.78, 5) is 25.3. The summed E-state index contributed by atoms with van der Waals surface area (Å²) in [6.45, 7) is -0.506. The van der Waals surface area contributed by atoms with Crippen molar-refractivity contribution in [3.05, 3.63) is 0 Å². The first-order valence-electron chi connectivity index (χ1n) is 7.01. The molecule has 2 aliphatic rings. The van der Waals surface area contributed by atoms with Crippen molar-refractivity contribution >= 4 is 27.4 Å². The van der Waals surface area contributed by atoms with Crippen molar-refractivity contribution in [2.45, 2.75) is 25.3 Å². The molecular formula is C13H15N5O4S. The molecule has 0 bridgehead atoms. The van der Waals surface area contributed by atoms with Gasteiger partial charge < -0.3 is 4.90 Å². The number of nitriles is 2. The molecule has 0 aromatic heterocycles. The van der Waals surface area contributed by atoms with Crippen molar-refractivity contribution in [3.63, 3.8) is 0 Å². The number of carbonyl (C=O) groups is 2. The summed E-state index contributed by atoms with van der Waals surface area (Å²) >= 11 is 0. The van der Waals surface area contributed by atoms with E-state index >= 15 is 0 Å². The summed E-state index contributed by atoms with van der Waals surface area (Å²) in [7, 11) is -3.18. The molecule has 2 amide bonds. The van der Waals surface area contributed by atoms with Crippen LogP contribution in [-0.2, 0) is 19.4 Å². The molecule has 0 aromatic carbocycles. The third kappa shape index (κ3) is 3.85. The van der Waals surface area contributed by atoms with Crippen LogP contribution in [0.4, 0.5) is 0 Å². The van der Waals surface area contributed by atoms with E-state index in [0.29, 0.717) is 6.42 Å². The molecule has 9 nitrogen and oxygen atoms in total. The second-order valence-electron chi connectivity index (χ2n) is 5.32. The van der Waals surface area contributed by atoms with Crippen LogP contribution in [0.2, 0.25) is 0 Å². The van der Waals surface area contributed by atoms with Gasteiger partial charge in [-0.15, -0.1) is 0 Å². The van der Waals surface area contributed by atoms with Gasteiger partial charge in [-0.05, 0) is 6.42 Å². The Hall–Kier alpha value is -2.46. The van der Waals surface area contributed by atoms with E-state index in [1.54, 1.807) is 12.1 Å². The highest BCUT2D eigenvalue weighted by atomic mass is 32.2. The first-order valence-corrected chi connectivity index (χ1v) is 8.83. The zero-order valence-corrected chi connectivity index (χ0v) is 13.1. The average Bonchev–Trinajstić information content (AvgIpc) is 2.87. The molecule has 0 saturated carbocycles. The number of nitrogens with zero attached hydrogens (tertiary/aromatic N) is 5. The lowest BCUT2D eigenvalue weighted by atomic mass is 10.1. The van der Waals surface area contributed by atoms with Crippen molar-refractivity contribution in [3.8, 4) is 12.1 Å². The molecule has 0 unspecified atom stereocenters. The van der Waals surface area contributed by atoms with Crippen LogP contribution >= 0.6 is 0 Å². The van der Waals surface area contributed by atoms with Crippen LogP contribution < -0.4 is 0 Å². The van der Waals surface area contributed by atoms with Gasteiger partial charge in [0.15, 0.2) is 9.84 Å². The minimum Gasteiger partial charge on any atom is -0.311 e. The predicted octanol–water partition coefficient (Wildman–Crippen LogP) is -0.972. The molecule has 0 spiro atoms. The molecular weight excluding hydrogens is 322 g/mol. The van der Waals surface area contributed by atoms with Crippen LogP contribution in [0, 0.1) is 22.7 Å². The van der Waals surface area contributed by atoms with Crippen LogP contribution in [-0.4, -0.2) is 66.5 Å². The second kappa shape index (κ2) is 6.75. The van der Waals surface area contributed by atoms with Crippen LogP contribution in [0.25, 0.3) is 0 Å². The fraction of sp³-hybridized carbons (Fsp3) is 0.615. The maximum absolute atomic E-state index is 12.3. The molecule has 23 heavy (non-hydrogen) atoms. The zero-order chi connectivity index (χ0) is 17.0. The largest absolute Gasteiger partial charge is 0.311 e. The lowest BCUT2D eigenvalue weighted by Crippen LogP contribution is -2.45. The number of rotatable bonds is 4. The summed E-state index contributed by atoms with van der Waals surface area (Å²) in [5.74, 6) is -1.07. The zero-order valence-electron chi connectivity index (χ0n) is 12.3. The van der Waals surface area contributed by atoms with Gasteiger partial charge in [0, 0.05) is 12.8 Å². The highest BCUT2D eigenvalue weighted by molar-refractivity contribution is 7.91. The maximum Gasteiger partial charge on any atom is 0.271 e. The molecule has 0 N–H and O–H groups in total. The SMILES string of the molecule is N#CCN(CC#N)C(=O)C1=NN([C@@H]2CCS(=O)(=O)C2)C(=O)CC1. The summed E-state index contributed by atoms with van der Waals surface area (Å²) in [6.07, 6.45) is 0.453. The number of amides is 2. The lowest BCUT2D eigenvalue weighted by molar-refractivity contribution is -0.134. The minimum absolute atomic E-state index is 0.00473.